The number of carbonyl (C=O) groups is 3. The predicted molar refractivity (Wildman–Crippen MR) is 59.2 cm³/mol. The Labute approximate surface area is 108 Å². The number of nitrogens with one attached hydrogen (secondary N) is 1. The van der Waals surface area contributed by atoms with Crippen LogP contribution in [0.4, 0.5) is 18.2 Å². The van der Waals surface area contributed by atoms with E-state index in [1.54, 1.807) is 0 Å². The van der Waals surface area contributed by atoms with Gasteiger partial charge < -0.3 is 16.2 Å². The van der Waals surface area contributed by atoms with Crippen molar-refractivity contribution < 1.29 is 32.7 Å². The fourth-order valence-corrected chi connectivity index (χ4v) is 2.32. The van der Waals surface area contributed by atoms with Crippen molar-refractivity contribution in [3.8, 4) is 0 Å². The molecule has 6 nitrogen and oxygen atoms in total. The van der Waals surface area contributed by atoms with Gasteiger partial charge in [-0.05, 0) is 12.5 Å². The van der Waals surface area contributed by atoms with Gasteiger partial charge in [-0.1, -0.05) is 0 Å². The van der Waals surface area contributed by atoms with Crippen molar-refractivity contribution in [1.82, 2.24) is 0 Å². The van der Waals surface area contributed by atoms with Crippen LogP contribution in [-0.4, -0.2) is 29.1 Å². The van der Waals surface area contributed by atoms with Crippen LogP contribution >= 0.6 is 11.3 Å². The van der Waals surface area contributed by atoms with Crippen LogP contribution in [0, 0.1) is 6.92 Å². The monoisotopic (exact) mass is 296 g/mol. The Kier molecular flexibility index (Phi) is 3.84. The SMILES string of the molecule is Cc1c(C(=O)O)sc(NC(=O)C(F)(F)F)c1C(N)=O. The molecule has 0 saturated carbocycles. The average Bonchev–Trinajstić information content (AvgIpc) is 2.53. The summed E-state index contributed by atoms with van der Waals surface area (Å²) in [6.45, 7) is 1.21. The van der Waals surface area contributed by atoms with Gasteiger partial charge in [0.2, 0.25) is 0 Å². The molecule has 0 radical (unpaired) electrons. The second-order valence-electron chi connectivity index (χ2n) is 3.38. The van der Waals surface area contributed by atoms with Crippen LogP contribution in [0.2, 0.25) is 0 Å². The number of carbonyl (C=O) groups excluding carboxylic acids is 2. The molecule has 0 fully saturated rings. The molecule has 0 aliphatic heterocycles. The van der Waals surface area contributed by atoms with Gasteiger partial charge in [-0.15, -0.1) is 11.3 Å². The molecule has 1 aromatic heterocycles. The predicted octanol–water partition coefficient (Wildman–Crippen LogP) is 1.35. The fourth-order valence-electron chi connectivity index (χ4n) is 1.28. The maximum absolute atomic E-state index is 12.1. The minimum atomic E-state index is -5.16. The number of nitrogens with two attached hydrogens (primary N) is 1. The molecule has 104 valence electrons. The summed E-state index contributed by atoms with van der Waals surface area (Å²) in [6.07, 6.45) is -5.16. The number of hydrogen-bond acceptors (Lipinski definition) is 4. The van der Waals surface area contributed by atoms with E-state index in [0.29, 0.717) is 11.3 Å². The molecule has 0 bridgehead atoms. The molecule has 1 heterocycles. The van der Waals surface area contributed by atoms with Crippen LogP contribution in [0.1, 0.15) is 25.6 Å². The van der Waals surface area contributed by atoms with Crippen molar-refractivity contribution in [2.75, 3.05) is 5.32 Å². The fraction of sp³-hybridized carbons (Fsp3) is 0.222. The second-order valence-corrected chi connectivity index (χ2v) is 4.40. The van der Waals surface area contributed by atoms with E-state index in [-0.39, 0.29) is 10.4 Å². The number of carboxylic acids is 1. The van der Waals surface area contributed by atoms with E-state index in [2.05, 4.69) is 0 Å². The lowest BCUT2D eigenvalue weighted by Gasteiger charge is -2.07. The summed E-state index contributed by atoms with van der Waals surface area (Å²) in [5.74, 6) is -4.87. The standard InChI is InChI=1S/C9H7F3N2O4S/c1-2-3(5(13)15)6(19-4(2)7(16)17)14-8(18)9(10,11)12/h1H3,(H2,13,15)(H,14,18)(H,16,17). The number of aromatic carboxylic acids is 1. The number of thiophene rings is 1. The maximum atomic E-state index is 12.1. The summed E-state index contributed by atoms with van der Waals surface area (Å²) < 4.78 is 36.3. The van der Waals surface area contributed by atoms with Gasteiger partial charge in [-0.3, -0.25) is 9.59 Å². The van der Waals surface area contributed by atoms with Gasteiger partial charge in [0.15, 0.2) is 0 Å². The molecule has 1 aromatic rings. The van der Waals surface area contributed by atoms with Crippen LogP contribution in [0.25, 0.3) is 0 Å². The number of rotatable bonds is 3. The first-order valence-corrected chi connectivity index (χ1v) is 5.42. The summed E-state index contributed by atoms with van der Waals surface area (Å²) in [7, 11) is 0. The normalized spacial score (nSPS) is 11.2. The van der Waals surface area contributed by atoms with Crippen molar-refractivity contribution in [3.05, 3.63) is 16.0 Å². The molecule has 1 rings (SSSR count). The topological polar surface area (TPSA) is 109 Å². The Morgan fingerprint density at radius 3 is 2.21 bits per heavy atom. The van der Waals surface area contributed by atoms with Gasteiger partial charge in [0.05, 0.1) is 5.56 Å². The maximum Gasteiger partial charge on any atom is 0.471 e. The summed E-state index contributed by atoms with van der Waals surface area (Å²) in [5.41, 5.74) is 4.42. The van der Waals surface area contributed by atoms with Crippen LogP contribution in [-0.2, 0) is 4.79 Å². The quantitative estimate of drug-likeness (QED) is 0.782. The molecule has 0 unspecified atom stereocenters. The Balaban J connectivity index is 3.28. The van der Waals surface area contributed by atoms with E-state index in [1.807, 2.05) is 0 Å². The smallest absolute Gasteiger partial charge is 0.471 e. The summed E-state index contributed by atoms with van der Waals surface area (Å²) in [5, 5.41) is 9.70. The molecule has 19 heavy (non-hydrogen) atoms. The van der Waals surface area contributed by atoms with Crippen molar-refractivity contribution >= 4 is 34.1 Å². The van der Waals surface area contributed by atoms with E-state index in [9.17, 15) is 27.6 Å². The van der Waals surface area contributed by atoms with Crippen molar-refractivity contribution in [2.24, 2.45) is 5.73 Å². The Bertz CT molecular complexity index is 565. The molecular weight excluding hydrogens is 289 g/mol. The molecule has 0 aliphatic rings. The van der Waals surface area contributed by atoms with Gasteiger partial charge in [-0.25, -0.2) is 4.79 Å². The van der Waals surface area contributed by atoms with Gasteiger partial charge >= 0.3 is 18.1 Å². The number of carboxylic acid groups (broad SMARTS) is 1. The van der Waals surface area contributed by atoms with E-state index in [0.717, 1.165) is 0 Å². The third kappa shape index (κ3) is 3.02. The zero-order valence-corrected chi connectivity index (χ0v) is 10.1. The first-order chi connectivity index (χ1) is 8.55. The second kappa shape index (κ2) is 4.88. The average molecular weight is 296 g/mol. The van der Waals surface area contributed by atoms with E-state index >= 15 is 0 Å². The molecule has 0 aromatic carbocycles. The first kappa shape index (κ1) is 15.0. The highest BCUT2D eigenvalue weighted by molar-refractivity contribution is 7.18. The minimum absolute atomic E-state index is 0.0949. The third-order valence-corrected chi connectivity index (χ3v) is 3.27. The molecule has 10 heteroatoms. The van der Waals surface area contributed by atoms with Gasteiger partial charge in [0.25, 0.3) is 5.91 Å². The van der Waals surface area contributed by atoms with Gasteiger partial charge in [-0.2, -0.15) is 13.2 Å². The van der Waals surface area contributed by atoms with Gasteiger partial charge in [0.1, 0.15) is 9.88 Å². The number of anilines is 1. The molecule has 2 amide bonds. The summed E-state index contributed by atoms with van der Waals surface area (Å²) >= 11 is 0.335. The number of halogens is 3. The highest BCUT2D eigenvalue weighted by Gasteiger charge is 2.40. The molecule has 0 aliphatic carbocycles. The molecule has 4 N–H and O–H groups in total. The van der Waals surface area contributed by atoms with Crippen molar-refractivity contribution in [3.63, 3.8) is 0 Å². The molecule has 0 saturated heterocycles. The number of hydrogen-bond donors (Lipinski definition) is 3. The lowest BCUT2D eigenvalue weighted by Crippen LogP contribution is -2.30. The largest absolute Gasteiger partial charge is 0.477 e. The number of amides is 2. The van der Waals surface area contributed by atoms with E-state index in [4.69, 9.17) is 10.8 Å². The zero-order chi connectivity index (χ0) is 15.0. The Hall–Kier alpha value is -2.10. The minimum Gasteiger partial charge on any atom is -0.477 e. The van der Waals surface area contributed by atoms with Crippen molar-refractivity contribution in [1.29, 1.82) is 0 Å². The van der Waals surface area contributed by atoms with Crippen molar-refractivity contribution in [2.45, 2.75) is 13.1 Å². The highest BCUT2D eigenvalue weighted by Crippen LogP contribution is 2.33. The summed E-state index contributed by atoms with van der Waals surface area (Å²) in [4.78, 5) is 32.3. The van der Waals surface area contributed by atoms with Crippen LogP contribution in [0.5, 0.6) is 0 Å². The van der Waals surface area contributed by atoms with Crippen LogP contribution in [0.3, 0.4) is 0 Å². The third-order valence-electron chi connectivity index (χ3n) is 2.07. The lowest BCUT2D eigenvalue weighted by atomic mass is 10.1. The zero-order valence-electron chi connectivity index (χ0n) is 9.29. The van der Waals surface area contributed by atoms with E-state index in [1.165, 1.54) is 12.2 Å². The lowest BCUT2D eigenvalue weighted by molar-refractivity contribution is -0.167. The van der Waals surface area contributed by atoms with E-state index < -0.39 is 34.5 Å². The Morgan fingerprint density at radius 2 is 1.84 bits per heavy atom. The molecule has 0 spiro atoms. The highest BCUT2D eigenvalue weighted by atomic mass is 32.1. The van der Waals surface area contributed by atoms with Gasteiger partial charge in [0, 0.05) is 0 Å². The first-order valence-electron chi connectivity index (χ1n) is 4.60. The van der Waals surface area contributed by atoms with Crippen LogP contribution < -0.4 is 11.1 Å². The summed E-state index contributed by atoms with van der Waals surface area (Å²) in [6, 6.07) is 0. The number of primary amides is 1. The van der Waals surface area contributed by atoms with Crippen LogP contribution in [0.15, 0.2) is 0 Å². The molecular formula is C9H7F3N2O4S. The Morgan fingerprint density at radius 1 is 1.32 bits per heavy atom. The molecule has 0 atom stereocenters. The number of alkyl halides is 3.